The minimum absolute atomic E-state index is 0.0147. The number of rotatable bonds is 8. The number of nitrogens with two attached hydrogens (primary N) is 1. The Morgan fingerprint density at radius 3 is 2.76 bits per heavy atom. The van der Waals surface area contributed by atoms with Crippen molar-refractivity contribution in [3.8, 4) is 5.75 Å². The number of primary amides is 1. The van der Waals surface area contributed by atoms with Crippen molar-refractivity contribution in [1.82, 2.24) is 14.8 Å². The number of fused-ring (bicyclic) bond motifs is 2. The summed E-state index contributed by atoms with van der Waals surface area (Å²) in [6.45, 7) is -0.0958. The van der Waals surface area contributed by atoms with Crippen LogP contribution in [0.1, 0.15) is 24.0 Å². The number of hydrogen-bond acceptors (Lipinski definition) is 5. The quantitative estimate of drug-likeness (QED) is 0.414. The molecule has 4 N–H and O–H groups in total. The van der Waals surface area contributed by atoms with E-state index in [4.69, 9.17) is 27.2 Å². The highest BCUT2D eigenvalue weighted by Crippen LogP contribution is 2.48. The summed E-state index contributed by atoms with van der Waals surface area (Å²) in [5.41, 5.74) is 6.89. The number of hydrogen-bond donors (Lipinski definition) is 3. The lowest BCUT2D eigenvalue weighted by Crippen LogP contribution is -2.48. The van der Waals surface area contributed by atoms with Crippen molar-refractivity contribution in [3.63, 3.8) is 0 Å². The van der Waals surface area contributed by atoms with Gasteiger partial charge >= 0.3 is 6.03 Å². The Hall–Kier alpha value is -3.63. The molecule has 194 valence electrons. The zero-order valence-electron chi connectivity index (χ0n) is 19.8. The smallest absolute Gasteiger partial charge is 0.323 e. The molecule has 0 spiro atoms. The van der Waals surface area contributed by atoms with E-state index in [-0.39, 0.29) is 60.5 Å². The largest absolute Gasteiger partial charge is 0.491 e. The van der Waals surface area contributed by atoms with Crippen LogP contribution in [0.4, 0.5) is 9.18 Å². The second kappa shape index (κ2) is 10.0. The molecule has 1 unspecified atom stereocenters. The first kappa shape index (κ1) is 25.0. The number of nitrogens with one attached hydrogen (secondary N) is 1. The average Bonchev–Trinajstić information content (AvgIpc) is 3.39. The minimum Gasteiger partial charge on any atom is -0.491 e. The predicted octanol–water partition coefficient (Wildman–Crippen LogP) is 2.58. The van der Waals surface area contributed by atoms with Gasteiger partial charge in [-0.3, -0.25) is 14.2 Å². The van der Waals surface area contributed by atoms with Gasteiger partial charge in [0.25, 0.3) is 0 Å². The van der Waals surface area contributed by atoms with Gasteiger partial charge in [0.1, 0.15) is 24.2 Å². The zero-order valence-corrected chi connectivity index (χ0v) is 20.6. The fraction of sp³-hybridized carbons (Fsp3) is 0.346. The highest BCUT2D eigenvalue weighted by Gasteiger charge is 2.55. The minimum atomic E-state index is -0.693. The molecule has 1 saturated heterocycles. The molecule has 9 nitrogen and oxygen atoms in total. The molecule has 3 atom stereocenters. The van der Waals surface area contributed by atoms with Crippen molar-refractivity contribution in [1.29, 1.82) is 0 Å². The van der Waals surface area contributed by atoms with Gasteiger partial charge in [-0.2, -0.15) is 0 Å². The number of aromatic nitrogens is 1. The monoisotopic (exact) mass is 528 g/mol. The summed E-state index contributed by atoms with van der Waals surface area (Å²) in [5, 5.41) is 12.4. The zero-order chi connectivity index (χ0) is 26.3. The summed E-state index contributed by atoms with van der Waals surface area (Å²) < 4.78 is 21.0. The number of halogens is 2. The van der Waals surface area contributed by atoms with Gasteiger partial charge in [-0.15, -0.1) is 0 Å². The van der Waals surface area contributed by atoms with E-state index in [9.17, 15) is 18.8 Å². The van der Waals surface area contributed by atoms with Crippen LogP contribution in [-0.2, 0) is 22.6 Å². The predicted molar refractivity (Wildman–Crippen MR) is 134 cm³/mol. The number of amides is 3. The van der Waals surface area contributed by atoms with Crippen molar-refractivity contribution in [2.75, 3.05) is 13.2 Å². The molecule has 37 heavy (non-hydrogen) atoms. The fourth-order valence-corrected chi connectivity index (χ4v) is 5.34. The van der Waals surface area contributed by atoms with E-state index >= 15 is 0 Å². The van der Waals surface area contributed by atoms with Gasteiger partial charge in [0, 0.05) is 29.7 Å². The Kier molecular flexibility index (Phi) is 6.78. The van der Waals surface area contributed by atoms with E-state index in [1.54, 1.807) is 35.2 Å². The molecular formula is C26H26ClFN4O5. The van der Waals surface area contributed by atoms with Gasteiger partial charge < -0.3 is 25.8 Å². The van der Waals surface area contributed by atoms with Crippen LogP contribution < -0.4 is 15.8 Å². The molecule has 5 rings (SSSR count). The number of carbonyl (C=O) groups excluding carboxylic acids is 3. The molecular weight excluding hydrogens is 503 g/mol. The van der Waals surface area contributed by atoms with Crippen LogP contribution in [-0.4, -0.2) is 57.7 Å². The van der Waals surface area contributed by atoms with Crippen LogP contribution in [0, 0.1) is 11.7 Å². The summed E-state index contributed by atoms with van der Waals surface area (Å²) in [6.07, 6.45) is 2.86. The van der Waals surface area contributed by atoms with E-state index in [1.807, 2.05) is 0 Å². The van der Waals surface area contributed by atoms with Gasteiger partial charge in [-0.1, -0.05) is 23.7 Å². The third-order valence-electron chi connectivity index (χ3n) is 6.98. The third kappa shape index (κ3) is 4.86. The number of ether oxygens (including phenoxy) is 1. The maximum absolute atomic E-state index is 14.2. The molecule has 2 aliphatic rings. The molecule has 0 radical (unpaired) electrons. The van der Waals surface area contributed by atoms with Crippen molar-refractivity contribution < 1.29 is 28.6 Å². The lowest BCUT2D eigenvalue weighted by molar-refractivity contribution is -0.139. The standard InChI is InChI=1S/C26H26ClFN4O5/c27-19-3-1-2-14(24(19)28)12-30-25(35)22-9-15-8-21(15)32(22)23(34)10-16-13-31(26(29)36)20-5-4-17(11-18(16)20)37-7-6-33/h1-5,11,13,15,21-22,33H,6-10,12H2,(H2,29,36)(H,30,35)/t15?,21-,22+/m1/s1. The van der Waals surface area contributed by atoms with Crippen LogP contribution in [0.2, 0.25) is 5.02 Å². The number of likely N-dealkylation sites (tertiary alicyclic amines) is 1. The number of carbonyl (C=O) groups is 3. The van der Waals surface area contributed by atoms with E-state index in [0.717, 1.165) is 6.42 Å². The molecule has 1 aliphatic heterocycles. The third-order valence-corrected chi connectivity index (χ3v) is 7.27. The molecule has 2 fully saturated rings. The normalized spacial score (nSPS) is 20.1. The highest BCUT2D eigenvalue weighted by molar-refractivity contribution is 6.30. The van der Waals surface area contributed by atoms with E-state index in [2.05, 4.69) is 5.32 Å². The fourth-order valence-electron chi connectivity index (χ4n) is 5.14. The first-order valence-corrected chi connectivity index (χ1v) is 12.4. The molecule has 2 aromatic carbocycles. The Morgan fingerprint density at radius 1 is 1.19 bits per heavy atom. The Morgan fingerprint density at radius 2 is 2.00 bits per heavy atom. The van der Waals surface area contributed by atoms with Gasteiger partial charge in [0.2, 0.25) is 11.8 Å². The summed E-state index contributed by atoms with van der Waals surface area (Å²) in [4.78, 5) is 40.2. The Bertz CT molecular complexity index is 1390. The Labute approximate surface area is 216 Å². The second-order valence-electron chi connectivity index (χ2n) is 9.34. The van der Waals surface area contributed by atoms with Crippen LogP contribution in [0.25, 0.3) is 10.9 Å². The number of piperidine rings is 1. The Balaban J connectivity index is 1.35. The number of aliphatic hydroxyl groups is 1. The maximum atomic E-state index is 14.2. The van der Waals surface area contributed by atoms with Crippen LogP contribution in [0.5, 0.6) is 5.75 Å². The lowest BCUT2D eigenvalue weighted by atomic mass is 10.1. The highest BCUT2D eigenvalue weighted by atomic mass is 35.5. The number of aliphatic hydroxyl groups excluding tert-OH is 1. The number of nitrogens with zero attached hydrogens (tertiary/aromatic N) is 2. The lowest BCUT2D eigenvalue weighted by Gasteiger charge is -2.27. The van der Waals surface area contributed by atoms with Crippen LogP contribution in [0.3, 0.4) is 0 Å². The van der Waals surface area contributed by atoms with E-state index < -0.39 is 17.9 Å². The average molecular weight is 529 g/mol. The van der Waals surface area contributed by atoms with Gasteiger partial charge in [-0.05, 0) is 48.6 Å². The van der Waals surface area contributed by atoms with Crippen molar-refractivity contribution in [2.45, 2.75) is 37.9 Å². The van der Waals surface area contributed by atoms with Gasteiger partial charge in [0.15, 0.2) is 0 Å². The second-order valence-corrected chi connectivity index (χ2v) is 9.74. The summed E-state index contributed by atoms with van der Waals surface area (Å²) in [5.74, 6) is -0.442. The summed E-state index contributed by atoms with van der Waals surface area (Å²) in [6, 6.07) is 8.23. The first-order chi connectivity index (χ1) is 17.8. The topological polar surface area (TPSA) is 127 Å². The molecule has 0 bridgehead atoms. The molecule has 3 amide bonds. The van der Waals surface area contributed by atoms with E-state index in [1.165, 1.54) is 16.8 Å². The number of benzene rings is 2. The summed E-state index contributed by atoms with van der Waals surface area (Å²) in [7, 11) is 0. The van der Waals surface area contributed by atoms with Gasteiger partial charge in [-0.25, -0.2) is 9.18 Å². The van der Waals surface area contributed by atoms with Crippen molar-refractivity contribution in [3.05, 3.63) is 64.6 Å². The maximum Gasteiger partial charge on any atom is 0.323 e. The first-order valence-electron chi connectivity index (χ1n) is 12.0. The molecule has 1 aliphatic carbocycles. The van der Waals surface area contributed by atoms with Gasteiger partial charge in [0.05, 0.1) is 23.6 Å². The summed E-state index contributed by atoms with van der Waals surface area (Å²) >= 11 is 5.83. The molecule has 1 aromatic heterocycles. The molecule has 2 heterocycles. The molecule has 11 heteroatoms. The molecule has 1 saturated carbocycles. The van der Waals surface area contributed by atoms with Crippen molar-refractivity contribution >= 4 is 40.3 Å². The van der Waals surface area contributed by atoms with Crippen molar-refractivity contribution in [2.24, 2.45) is 11.7 Å². The SMILES string of the molecule is NC(=O)n1cc(CC(=O)N2[C@@H]3CC3C[C@H]2C(=O)NCc2cccc(Cl)c2F)c2cc(OCCO)ccc21. The van der Waals surface area contributed by atoms with Crippen LogP contribution >= 0.6 is 11.6 Å². The van der Waals surface area contributed by atoms with E-state index in [0.29, 0.717) is 28.6 Å². The molecule has 3 aromatic rings. The van der Waals surface area contributed by atoms with Crippen LogP contribution in [0.15, 0.2) is 42.6 Å².